The molecule has 0 amide bonds. The Kier molecular flexibility index (Phi) is 3.72. The van der Waals surface area contributed by atoms with Gasteiger partial charge >= 0.3 is 12.4 Å². The average Bonchev–Trinajstić information content (AvgIpc) is 2.87. The highest BCUT2D eigenvalue weighted by Gasteiger charge is 2.19. The van der Waals surface area contributed by atoms with Crippen molar-refractivity contribution in [1.29, 1.82) is 0 Å². The highest BCUT2D eigenvalue weighted by molar-refractivity contribution is 5.90. The SMILES string of the molecule is O=c1[nH]c2c(C(F)F)ccc(-c3cnc(OC(F)F)cn3)c2o1. The van der Waals surface area contributed by atoms with Gasteiger partial charge in [0.05, 0.1) is 23.6 Å². The molecule has 0 aliphatic carbocycles. The first-order valence-electron chi connectivity index (χ1n) is 6.17. The topological polar surface area (TPSA) is 81.0 Å². The van der Waals surface area contributed by atoms with E-state index in [9.17, 15) is 22.4 Å². The van der Waals surface area contributed by atoms with E-state index < -0.39 is 30.2 Å². The highest BCUT2D eigenvalue weighted by atomic mass is 19.3. The summed E-state index contributed by atoms with van der Waals surface area (Å²) in [6, 6.07) is 2.39. The monoisotopic (exact) mass is 329 g/mol. The van der Waals surface area contributed by atoms with Gasteiger partial charge < -0.3 is 9.15 Å². The van der Waals surface area contributed by atoms with Crippen LogP contribution in [-0.4, -0.2) is 21.6 Å². The molecule has 3 rings (SSSR count). The molecule has 0 unspecified atom stereocenters. The molecule has 0 saturated heterocycles. The fourth-order valence-electron chi connectivity index (χ4n) is 2.04. The van der Waals surface area contributed by atoms with E-state index in [-0.39, 0.29) is 22.4 Å². The first kappa shape index (κ1) is 15.0. The smallest absolute Gasteiger partial charge is 0.415 e. The minimum absolute atomic E-state index is 0.121. The van der Waals surface area contributed by atoms with E-state index in [4.69, 9.17) is 4.42 Å². The Labute approximate surface area is 124 Å². The molecule has 0 spiro atoms. The summed E-state index contributed by atoms with van der Waals surface area (Å²) in [6.07, 6.45) is -0.770. The van der Waals surface area contributed by atoms with Gasteiger partial charge in [0, 0.05) is 11.1 Å². The van der Waals surface area contributed by atoms with E-state index in [1.807, 2.05) is 0 Å². The standard InChI is InChI=1S/C13H7F4N3O3/c14-11(15)6-2-1-5(10-9(6)20-13(21)23-10)7-3-19-8(4-18-7)22-12(16)17/h1-4,11-12H,(H,20,21). The fraction of sp³-hybridized carbons (Fsp3) is 0.154. The summed E-state index contributed by atoms with van der Waals surface area (Å²) in [5.41, 5.74) is -0.332. The number of fused-ring (bicyclic) bond motifs is 1. The summed E-state index contributed by atoms with van der Waals surface area (Å²) in [7, 11) is 0. The van der Waals surface area contributed by atoms with E-state index in [1.165, 1.54) is 6.07 Å². The number of halogens is 4. The van der Waals surface area contributed by atoms with Crippen molar-refractivity contribution in [2.45, 2.75) is 13.0 Å². The number of oxazole rings is 1. The van der Waals surface area contributed by atoms with Crippen LogP contribution in [0.15, 0.2) is 33.7 Å². The number of aromatic nitrogens is 3. The molecular formula is C13H7F4N3O3. The van der Waals surface area contributed by atoms with Crippen molar-refractivity contribution in [3.8, 4) is 17.1 Å². The highest BCUT2D eigenvalue weighted by Crippen LogP contribution is 2.32. The maximum atomic E-state index is 12.9. The van der Waals surface area contributed by atoms with Gasteiger partial charge in [-0.05, 0) is 6.07 Å². The third-order valence-corrected chi connectivity index (χ3v) is 2.96. The summed E-state index contributed by atoms with van der Waals surface area (Å²) in [6.45, 7) is -3.05. The molecule has 0 saturated carbocycles. The predicted octanol–water partition coefficient (Wildman–Crippen LogP) is 3.12. The minimum atomic E-state index is -3.05. The van der Waals surface area contributed by atoms with Crippen LogP contribution in [0.2, 0.25) is 0 Å². The number of benzene rings is 1. The second kappa shape index (κ2) is 5.71. The summed E-state index contributed by atoms with van der Waals surface area (Å²) in [5.74, 6) is -1.31. The van der Waals surface area contributed by atoms with Gasteiger partial charge in [0.1, 0.15) is 0 Å². The van der Waals surface area contributed by atoms with Crippen molar-refractivity contribution in [2.75, 3.05) is 0 Å². The summed E-state index contributed by atoms with van der Waals surface area (Å²) >= 11 is 0. The average molecular weight is 329 g/mol. The number of ether oxygens (including phenoxy) is 1. The van der Waals surface area contributed by atoms with Crippen molar-refractivity contribution in [3.63, 3.8) is 0 Å². The fourth-order valence-corrected chi connectivity index (χ4v) is 2.04. The van der Waals surface area contributed by atoms with Gasteiger partial charge in [0.2, 0.25) is 5.88 Å². The zero-order valence-electron chi connectivity index (χ0n) is 11.1. The van der Waals surface area contributed by atoms with Crippen molar-refractivity contribution in [1.82, 2.24) is 15.0 Å². The molecule has 120 valence electrons. The van der Waals surface area contributed by atoms with E-state index in [1.54, 1.807) is 0 Å². The molecular weight excluding hydrogens is 322 g/mol. The maximum absolute atomic E-state index is 12.9. The zero-order valence-corrected chi connectivity index (χ0v) is 11.1. The molecule has 10 heteroatoms. The van der Waals surface area contributed by atoms with Crippen molar-refractivity contribution in [3.05, 3.63) is 40.6 Å². The Balaban J connectivity index is 2.10. The molecule has 2 aromatic heterocycles. The Morgan fingerprint density at radius 3 is 2.52 bits per heavy atom. The van der Waals surface area contributed by atoms with Gasteiger partial charge in [0.15, 0.2) is 5.58 Å². The van der Waals surface area contributed by atoms with Crippen molar-refractivity contribution >= 4 is 11.1 Å². The van der Waals surface area contributed by atoms with Crippen LogP contribution in [0.25, 0.3) is 22.4 Å². The molecule has 3 aromatic rings. The number of aromatic amines is 1. The number of H-pyrrole nitrogens is 1. The number of rotatable bonds is 4. The molecule has 6 nitrogen and oxygen atoms in total. The van der Waals surface area contributed by atoms with E-state index in [2.05, 4.69) is 19.7 Å². The number of nitrogens with one attached hydrogen (secondary N) is 1. The lowest BCUT2D eigenvalue weighted by Crippen LogP contribution is -2.04. The van der Waals surface area contributed by atoms with Crippen molar-refractivity contribution in [2.24, 2.45) is 0 Å². The van der Waals surface area contributed by atoms with Crippen LogP contribution in [-0.2, 0) is 0 Å². The first-order chi connectivity index (χ1) is 11.0. The Morgan fingerprint density at radius 1 is 1.13 bits per heavy atom. The van der Waals surface area contributed by atoms with Crippen LogP contribution in [0.3, 0.4) is 0 Å². The largest absolute Gasteiger partial charge is 0.417 e. The Hall–Kier alpha value is -2.91. The molecule has 2 heterocycles. The Morgan fingerprint density at radius 2 is 1.91 bits per heavy atom. The molecule has 0 radical (unpaired) electrons. The first-order valence-corrected chi connectivity index (χ1v) is 6.17. The van der Waals surface area contributed by atoms with Gasteiger partial charge in [-0.25, -0.2) is 23.5 Å². The van der Waals surface area contributed by atoms with Gasteiger partial charge in [-0.2, -0.15) is 8.78 Å². The summed E-state index contributed by atoms with van der Waals surface area (Å²) < 4.78 is 58.9. The van der Waals surface area contributed by atoms with Crippen molar-refractivity contribution < 1.29 is 26.7 Å². The number of alkyl halides is 4. The predicted molar refractivity (Wildman–Crippen MR) is 69.4 cm³/mol. The summed E-state index contributed by atoms with van der Waals surface area (Å²) in [5, 5.41) is 0. The van der Waals surface area contributed by atoms with E-state index in [0.717, 1.165) is 18.5 Å². The molecule has 0 atom stereocenters. The quantitative estimate of drug-likeness (QED) is 0.744. The van der Waals surface area contributed by atoms with Crippen LogP contribution in [0.1, 0.15) is 12.0 Å². The number of nitrogens with zero attached hydrogens (tertiary/aromatic N) is 2. The molecule has 0 aliphatic heterocycles. The van der Waals surface area contributed by atoms with Crippen LogP contribution in [0, 0.1) is 0 Å². The number of hydrogen-bond donors (Lipinski definition) is 1. The minimum Gasteiger partial charge on any atom is -0.415 e. The normalized spacial score (nSPS) is 11.6. The lowest BCUT2D eigenvalue weighted by atomic mass is 10.1. The number of hydrogen-bond acceptors (Lipinski definition) is 5. The second-order valence-electron chi connectivity index (χ2n) is 4.34. The van der Waals surface area contributed by atoms with Gasteiger partial charge in [-0.3, -0.25) is 4.98 Å². The van der Waals surface area contributed by atoms with Crippen LogP contribution < -0.4 is 10.5 Å². The molecule has 23 heavy (non-hydrogen) atoms. The lowest BCUT2D eigenvalue weighted by molar-refractivity contribution is -0.0530. The molecule has 0 aliphatic rings. The molecule has 0 fully saturated rings. The van der Waals surface area contributed by atoms with Crippen LogP contribution >= 0.6 is 0 Å². The molecule has 1 aromatic carbocycles. The van der Waals surface area contributed by atoms with Crippen LogP contribution in [0.5, 0.6) is 5.88 Å². The third-order valence-electron chi connectivity index (χ3n) is 2.96. The van der Waals surface area contributed by atoms with Gasteiger partial charge in [-0.1, -0.05) is 6.07 Å². The lowest BCUT2D eigenvalue weighted by Gasteiger charge is -2.06. The van der Waals surface area contributed by atoms with E-state index in [0.29, 0.717) is 0 Å². The molecule has 1 N–H and O–H groups in total. The zero-order chi connectivity index (χ0) is 16.6. The van der Waals surface area contributed by atoms with E-state index >= 15 is 0 Å². The summed E-state index contributed by atoms with van der Waals surface area (Å²) in [4.78, 5) is 21.0. The Bertz CT molecular complexity index is 890. The molecule has 0 bridgehead atoms. The maximum Gasteiger partial charge on any atom is 0.417 e. The van der Waals surface area contributed by atoms with Gasteiger partial charge in [-0.15, -0.1) is 0 Å². The van der Waals surface area contributed by atoms with Gasteiger partial charge in [0.25, 0.3) is 6.43 Å². The second-order valence-corrected chi connectivity index (χ2v) is 4.34. The third kappa shape index (κ3) is 2.87. The van der Waals surface area contributed by atoms with Crippen LogP contribution in [0.4, 0.5) is 17.6 Å².